The summed E-state index contributed by atoms with van der Waals surface area (Å²) in [7, 11) is 0. The van der Waals surface area contributed by atoms with Gasteiger partial charge >= 0.3 is 0 Å². The van der Waals surface area contributed by atoms with Crippen molar-refractivity contribution in [3.63, 3.8) is 0 Å². The Bertz CT molecular complexity index is 464. The van der Waals surface area contributed by atoms with Gasteiger partial charge in [0.15, 0.2) is 0 Å². The van der Waals surface area contributed by atoms with Gasteiger partial charge in [-0.05, 0) is 32.9 Å². The smallest absolute Gasteiger partial charge is 0.224 e. The summed E-state index contributed by atoms with van der Waals surface area (Å²) in [6, 6.07) is 6.82. The van der Waals surface area contributed by atoms with E-state index in [2.05, 4.69) is 0 Å². The molecule has 0 atom stereocenters. The minimum atomic E-state index is -0.234. The summed E-state index contributed by atoms with van der Waals surface area (Å²) in [5.41, 5.74) is 0.405. The third-order valence-electron chi connectivity index (χ3n) is 3.54. The van der Waals surface area contributed by atoms with Crippen LogP contribution in [0.15, 0.2) is 24.3 Å². The fourth-order valence-electron chi connectivity index (χ4n) is 2.51. The van der Waals surface area contributed by atoms with Gasteiger partial charge < -0.3 is 4.90 Å². The molecule has 110 valence electrons. The molecule has 1 amide bonds. The minimum absolute atomic E-state index is 0.191. The molecule has 0 aliphatic carbocycles. The maximum Gasteiger partial charge on any atom is 0.224 e. The summed E-state index contributed by atoms with van der Waals surface area (Å²) in [4.78, 5) is 13.3. The van der Waals surface area contributed by atoms with Crippen molar-refractivity contribution < 1.29 is 9.18 Å². The molecule has 0 saturated carbocycles. The van der Waals surface area contributed by atoms with Crippen molar-refractivity contribution in [2.75, 3.05) is 31.1 Å². The van der Waals surface area contributed by atoms with E-state index in [1.807, 2.05) is 36.7 Å². The van der Waals surface area contributed by atoms with Crippen molar-refractivity contribution in [2.45, 2.75) is 26.3 Å². The summed E-state index contributed by atoms with van der Waals surface area (Å²) < 4.78 is 13.8. The molecular weight excluding hydrogens is 257 g/mol. The van der Waals surface area contributed by atoms with Crippen LogP contribution in [0, 0.1) is 5.82 Å². The van der Waals surface area contributed by atoms with Crippen LogP contribution >= 0.6 is 0 Å². The maximum absolute atomic E-state index is 13.8. The van der Waals surface area contributed by atoms with Gasteiger partial charge in [0.2, 0.25) is 6.41 Å². The fraction of sp³-hybridized carbons (Fsp3) is 0.533. The van der Waals surface area contributed by atoms with E-state index in [4.69, 9.17) is 0 Å². The first-order valence-corrected chi connectivity index (χ1v) is 6.92. The second-order valence-electron chi connectivity index (χ2n) is 6.01. The lowest BCUT2D eigenvalue weighted by molar-refractivity contribution is -0.148. The number of benzene rings is 1. The molecule has 0 spiro atoms. The van der Waals surface area contributed by atoms with E-state index < -0.39 is 0 Å². The molecule has 4 nitrogen and oxygen atoms in total. The van der Waals surface area contributed by atoms with Crippen LogP contribution in [-0.2, 0) is 4.79 Å². The second-order valence-corrected chi connectivity index (χ2v) is 6.01. The zero-order valence-corrected chi connectivity index (χ0v) is 12.3. The highest BCUT2D eigenvalue weighted by molar-refractivity contribution is 5.49. The predicted octanol–water partition coefficient (Wildman–Crippen LogP) is 2.12. The van der Waals surface area contributed by atoms with Crippen molar-refractivity contribution in [2.24, 2.45) is 0 Å². The number of hydrogen-bond acceptors (Lipinski definition) is 3. The van der Waals surface area contributed by atoms with Crippen molar-refractivity contribution in [1.29, 1.82) is 0 Å². The number of hydrogen-bond donors (Lipinski definition) is 0. The van der Waals surface area contributed by atoms with Crippen molar-refractivity contribution in [3.05, 3.63) is 30.1 Å². The molecule has 1 aromatic carbocycles. The van der Waals surface area contributed by atoms with Crippen LogP contribution in [0.3, 0.4) is 0 Å². The quantitative estimate of drug-likeness (QED) is 0.793. The van der Waals surface area contributed by atoms with Gasteiger partial charge in [-0.1, -0.05) is 12.1 Å². The Morgan fingerprint density at radius 1 is 1.15 bits per heavy atom. The Morgan fingerprint density at radius 2 is 1.75 bits per heavy atom. The predicted molar refractivity (Wildman–Crippen MR) is 77.8 cm³/mol. The van der Waals surface area contributed by atoms with Gasteiger partial charge in [0.05, 0.1) is 11.2 Å². The normalized spacial score (nSPS) is 17.1. The Labute approximate surface area is 119 Å². The highest BCUT2D eigenvalue weighted by atomic mass is 19.1. The van der Waals surface area contributed by atoms with Crippen LogP contribution < -0.4 is 4.90 Å². The van der Waals surface area contributed by atoms with Crippen LogP contribution in [-0.4, -0.2) is 48.1 Å². The third kappa shape index (κ3) is 3.10. The van der Waals surface area contributed by atoms with Crippen molar-refractivity contribution >= 4 is 12.1 Å². The third-order valence-corrected chi connectivity index (χ3v) is 3.54. The van der Waals surface area contributed by atoms with E-state index in [1.54, 1.807) is 17.1 Å². The van der Waals surface area contributed by atoms with Crippen LogP contribution in [0.25, 0.3) is 0 Å². The summed E-state index contributed by atoms with van der Waals surface area (Å²) in [5.74, 6) is -0.191. The number of rotatable bonds is 3. The molecule has 0 aromatic heterocycles. The number of anilines is 1. The topological polar surface area (TPSA) is 26.8 Å². The van der Waals surface area contributed by atoms with Gasteiger partial charge in [-0.2, -0.15) is 0 Å². The van der Waals surface area contributed by atoms with E-state index in [0.717, 1.165) is 6.41 Å². The first-order valence-electron chi connectivity index (χ1n) is 6.92. The molecule has 0 radical (unpaired) electrons. The molecule has 0 unspecified atom stereocenters. The average molecular weight is 279 g/mol. The molecule has 1 aromatic rings. The minimum Gasteiger partial charge on any atom is -0.366 e. The monoisotopic (exact) mass is 279 g/mol. The Balaban J connectivity index is 2.02. The number of nitrogens with zero attached hydrogens (tertiary/aromatic N) is 3. The van der Waals surface area contributed by atoms with Gasteiger partial charge in [0.1, 0.15) is 5.82 Å². The first-order chi connectivity index (χ1) is 9.43. The van der Waals surface area contributed by atoms with Gasteiger partial charge in [-0.3, -0.25) is 9.80 Å². The molecule has 0 N–H and O–H groups in total. The van der Waals surface area contributed by atoms with Crippen LogP contribution in [0.5, 0.6) is 0 Å². The van der Waals surface area contributed by atoms with E-state index in [9.17, 15) is 9.18 Å². The fourth-order valence-corrected chi connectivity index (χ4v) is 2.51. The lowest BCUT2D eigenvalue weighted by atomic mass is 10.1. The zero-order valence-electron chi connectivity index (χ0n) is 12.3. The van der Waals surface area contributed by atoms with E-state index in [1.165, 1.54) is 6.07 Å². The van der Waals surface area contributed by atoms with E-state index in [0.29, 0.717) is 31.9 Å². The Kier molecular flexibility index (Phi) is 4.28. The number of piperazine rings is 1. The molecule has 20 heavy (non-hydrogen) atoms. The highest BCUT2D eigenvalue weighted by Crippen LogP contribution is 2.22. The van der Waals surface area contributed by atoms with E-state index in [-0.39, 0.29) is 11.4 Å². The number of para-hydroxylation sites is 1. The summed E-state index contributed by atoms with van der Waals surface area (Å²) in [6.45, 7) is 8.86. The first kappa shape index (κ1) is 14.8. The van der Waals surface area contributed by atoms with Gasteiger partial charge in [0.25, 0.3) is 0 Å². The van der Waals surface area contributed by atoms with Crippen LogP contribution in [0.1, 0.15) is 20.8 Å². The molecule has 0 bridgehead atoms. The molecule has 1 aliphatic rings. The highest BCUT2D eigenvalue weighted by Gasteiger charge is 2.29. The molecule has 1 aliphatic heterocycles. The van der Waals surface area contributed by atoms with Crippen molar-refractivity contribution in [1.82, 2.24) is 10.0 Å². The van der Waals surface area contributed by atoms with Gasteiger partial charge in [-0.15, -0.1) is 0 Å². The lowest BCUT2D eigenvalue weighted by Gasteiger charge is -2.45. The molecule has 1 fully saturated rings. The van der Waals surface area contributed by atoms with Gasteiger partial charge in [-0.25, -0.2) is 9.40 Å². The zero-order chi connectivity index (χ0) is 14.8. The number of carbonyl (C=O) groups is 1. The lowest BCUT2D eigenvalue weighted by Crippen LogP contribution is -2.58. The Morgan fingerprint density at radius 3 is 2.25 bits per heavy atom. The number of halogens is 1. The molecule has 5 heteroatoms. The Hall–Kier alpha value is -1.62. The molecule has 1 saturated heterocycles. The van der Waals surface area contributed by atoms with Gasteiger partial charge in [0, 0.05) is 26.2 Å². The maximum atomic E-state index is 13.8. The molecule has 1 heterocycles. The average Bonchev–Trinajstić information content (AvgIpc) is 2.39. The van der Waals surface area contributed by atoms with Crippen molar-refractivity contribution in [3.8, 4) is 0 Å². The number of carbonyl (C=O) groups excluding carboxylic acids is 1. The molecule has 2 rings (SSSR count). The summed E-state index contributed by atoms with van der Waals surface area (Å²) >= 11 is 0. The summed E-state index contributed by atoms with van der Waals surface area (Å²) in [6.07, 6.45) is 0.874. The largest absolute Gasteiger partial charge is 0.366 e. The number of hydrazine groups is 1. The molecular formula is C15H22FN3O. The second kappa shape index (κ2) is 5.79. The summed E-state index contributed by atoms with van der Waals surface area (Å²) in [5, 5.41) is 3.76. The SMILES string of the molecule is CC(C)(C)N(C=O)N1CCN(c2ccccc2F)CC1. The van der Waals surface area contributed by atoms with E-state index >= 15 is 0 Å². The van der Waals surface area contributed by atoms with Crippen LogP contribution in [0.2, 0.25) is 0 Å². The number of amides is 1. The standard InChI is InChI=1S/C15H22FN3O/c1-15(2,3)19(12-20)18-10-8-17(9-11-18)14-7-5-4-6-13(14)16/h4-7,12H,8-11H2,1-3H3. The van der Waals surface area contributed by atoms with Crippen LogP contribution in [0.4, 0.5) is 10.1 Å².